The van der Waals surface area contributed by atoms with Crippen molar-refractivity contribution in [1.29, 1.82) is 0 Å². The molecule has 0 unspecified atom stereocenters. The molecule has 0 bridgehead atoms. The zero-order valence-corrected chi connectivity index (χ0v) is 18.6. The molecule has 0 fully saturated rings. The zero-order valence-electron chi connectivity index (χ0n) is 18.6. The third-order valence-corrected chi connectivity index (χ3v) is 5.10. The van der Waals surface area contributed by atoms with Gasteiger partial charge in [0.25, 0.3) is 5.91 Å². The molecular formula is C24H32N4O4. The number of hydroxylamine groups is 1. The van der Waals surface area contributed by atoms with E-state index >= 15 is 0 Å². The number of hydrogen-bond donors (Lipinski definition) is 4. The quantitative estimate of drug-likeness (QED) is 0.230. The topological polar surface area (TPSA) is 111 Å². The van der Waals surface area contributed by atoms with E-state index in [0.717, 1.165) is 11.3 Å². The van der Waals surface area contributed by atoms with Crippen LogP contribution < -0.4 is 21.0 Å². The van der Waals surface area contributed by atoms with Gasteiger partial charge in [0, 0.05) is 38.3 Å². The van der Waals surface area contributed by atoms with E-state index in [-0.39, 0.29) is 18.2 Å². The molecule has 2 rings (SSSR count). The maximum Gasteiger partial charge on any atom is 0.251 e. The van der Waals surface area contributed by atoms with Crippen molar-refractivity contribution in [2.75, 3.05) is 19.0 Å². The summed E-state index contributed by atoms with van der Waals surface area (Å²) in [6, 6.07) is 16.0. The van der Waals surface area contributed by atoms with E-state index in [1.165, 1.54) is 0 Å². The molecule has 3 amide bonds. The summed E-state index contributed by atoms with van der Waals surface area (Å²) in [7, 11) is 3.85. The maximum atomic E-state index is 12.8. The van der Waals surface area contributed by atoms with Gasteiger partial charge in [-0.05, 0) is 42.7 Å². The van der Waals surface area contributed by atoms with Gasteiger partial charge in [0.2, 0.25) is 11.8 Å². The van der Waals surface area contributed by atoms with E-state index in [1.807, 2.05) is 61.5 Å². The van der Waals surface area contributed by atoms with Gasteiger partial charge in [0.15, 0.2) is 0 Å². The predicted molar refractivity (Wildman–Crippen MR) is 123 cm³/mol. The summed E-state index contributed by atoms with van der Waals surface area (Å²) < 4.78 is 0. The van der Waals surface area contributed by atoms with Crippen LogP contribution in [0.3, 0.4) is 0 Å². The van der Waals surface area contributed by atoms with E-state index in [1.54, 1.807) is 17.6 Å². The summed E-state index contributed by atoms with van der Waals surface area (Å²) >= 11 is 0. The highest BCUT2D eigenvalue weighted by Gasteiger charge is 2.21. The van der Waals surface area contributed by atoms with Crippen molar-refractivity contribution in [3.8, 4) is 0 Å². The summed E-state index contributed by atoms with van der Waals surface area (Å²) in [5.74, 6) is -0.994. The Hall–Kier alpha value is -3.39. The van der Waals surface area contributed by atoms with Crippen molar-refractivity contribution < 1.29 is 19.6 Å². The van der Waals surface area contributed by atoms with E-state index < -0.39 is 11.9 Å². The molecule has 0 heterocycles. The second-order valence-electron chi connectivity index (χ2n) is 7.81. The third-order valence-electron chi connectivity index (χ3n) is 5.10. The molecule has 0 spiro atoms. The van der Waals surface area contributed by atoms with Crippen molar-refractivity contribution >= 4 is 23.4 Å². The molecule has 1 atom stereocenters. The van der Waals surface area contributed by atoms with Crippen LogP contribution in [0.4, 0.5) is 5.69 Å². The molecule has 2 aromatic rings. The smallest absolute Gasteiger partial charge is 0.251 e. The number of anilines is 1. The molecule has 2 aromatic carbocycles. The van der Waals surface area contributed by atoms with E-state index in [0.29, 0.717) is 37.8 Å². The van der Waals surface area contributed by atoms with Crippen LogP contribution in [0, 0.1) is 0 Å². The van der Waals surface area contributed by atoms with E-state index in [9.17, 15) is 14.4 Å². The summed E-state index contributed by atoms with van der Waals surface area (Å²) in [4.78, 5) is 38.6. The van der Waals surface area contributed by atoms with Crippen LogP contribution in [-0.2, 0) is 16.1 Å². The summed E-state index contributed by atoms with van der Waals surface area (Å²) in [6.45, 7) is 0.375. The Labute approximate surface area is 189 Å². The minimum absolute atomic E-state index is 0.214. The number of rotatable bonds is 12. The summed E-state index contributed by atoms with van der Waals surface area (Å²) in [5.41, 5.74) is 4.04. The second-order valence-corrected chi connectivity index (χ2v) is 7.81. The van der Waals surface area contributed by atoms with Gasteiger partial charge in [-0.2, -0.15) is 0 Å². The predicted octanol–water partition coefficient (Wildman–Crippen LogP) is 2.62. The molecule has 0 saturated heterocycles. The van der Waals surface area contributed by atoms with Crippen molar-refractivity contribution in [2.24, 2.45) is 0 Å². The first-order valence-electron chi connectivity index (χ1n) is 10.7. The highest BCUT2D eigenvalue weighted by Crippen LogP contribution is 2.13. The molecule has 8 nitrogen and oxygen atoms in total. The van der Waals surface area contributed by atoms with Crippen LogP contribution in [0.5, 0.6) is 0 Å². The summed E-state index contributed by atoms with van der Waals surface area (Å²) in [6.07, 6.45) is 2.60. The highest BCUT2D eigenvalue weighted by atomic mass is 16.5. The molecule has 8 heteroatoms. The monoisotopic (exact) mass is 440 g/mol. The molecule has 0 aromatic heterocycles. The Morgan fingerprint density at radius 3 is 2.25 bits per heavy atom. The second kappa shape index (κ2) is 13.1. The average Bonchev–Trinajstić information content (AvgIpc) is 2.81. The van der Waals surface area contributed by atoms with Gasteiger partial charge in [-0.3, -0.25) is 19.6 Å². The van der Waals surface area contributed by atoms with Crippen LogP contribution in [0.15, 0.2) is 54.6 Å². The number of unbranched alkanes of at least 4 members (excludes halogenated alkanes) is 2. The average molecular weight is 441 g/mol. The molecule has 4 N–H and O–H groups in total. The molecule has 0 aliphatic rings. The number of hydrogen-bond acceptors (Lipinski definition) is 5. The van der Waals surface area contributed by atoms with Gasteiger partial charge in [-0.25, -0.2) is 5.48 Å². The number of nitrogens with one attached hydrogen (secondary N) is 3. The Morgan fingerprint density at radius 1 is 0.938 bits per heavy atom. The zero-order chi connectivity index (χ0) is 23.3. The third kappa shape index (κ3) is 8.39. The standard InChI is InChI=1S/C24H32N4O4/c1-28(2)20-15-13-19(14-16-20)23(30)26-21(11-7-4-8-12-22(29)27-32)24(31)25-17-18-9-5-3-6-10-18/h3,5-6,9-10,13-16,21,32H,4,7-8,11-12,17H2,1-2H3,(H,25,31)(H,26,30)(H,27,29)/t21-/m0/s1. The lowest BCUT2D eigenvalue weighted by molar-refractivity contribution is -0.129. The van der Waals surface area contributed by atoms with Crippen LogP contribution in [0.2, 0.25) is 0 Å². The highest BCUT2D eigenvalue weighted by molar-refractivity contribution is 5.97. The van der Waals surface area contributed by atoms with Crippen molar-refractivity contribution in [2.45, 2.75) is 44.7 Å². The molecule has 172 valence electrons. The molecular weight excluding hydrogens is 408 g/mol. The fraction of sp³-hybridized carbons (Fsp3) is 0.375. The van der Waals surface area contributed by atoms with Gasteiger partial charge in [0.1, 0.15) is 6.04 Å². The molecule has 0 aliphatic heterocycles. The number of benzene rings is 2. The van der Waals surface area contributed by atoms with Crippen LogP contribution in [0.25, 0.3) is 0 Å². The normalized spacial score (nSPS) is 11.3. The molecule has 32 heavy (non-hydrogen) atoms. The Kier molecular flexibility index (Phi) is 10.2. The van der Waals surface area contributed by atoms with Gasteiger partial charge in [-0.1, -0.05) is 43.2 Å². The fourth-order valence-corrected chi connectivity index (χ4v) is 3.20. The van der Waals surface area contributed by atoms with Gasteiger partial charge in [-0.15, -0.1) is 0 Å². The van der Waals surface area contributed by atoms with Crippen LogP contribution in [0.1, 0.15) is 48.0 Å². The largest absolute Gasteiger partial charge is 0.378 e. The fourth-order valence-electron chi connectivity index (χ4n) is 3.20. The number of amides is 3. The Balaban J connectivity index is 1.97. The maximum absolute atomic E-state index is 12.8. The van der Waals surface area contributed by atoms with Crippen molar-refractivity contribution in [3.05, 3.63) is 65.7 Å². The molecule has 0 saturated carbocycles. The van der Waals surface area contributed by atoms with Crippen LogP contribution in [-0.4, -0.2) is 43.1 Å². The van der Waals surface area contributed by atoms with Crippen molar-refractivity contribution in [1.82, 2.24) is 16.1 Å². The van der Waals surface area contributed by atoms with Crippen LogP contribution >= 0.6 is 0 Å². The number of nitrogens with zero attached hydrogens (tertiary/aromatic N) is 1. The summed E-state index contributed by atoms with van der Waals surface area (Å²) in [5, 5.41) is 14.3. The minimum atomic E-state index is -0.689. The lowest BCUT2D eigenvalue weighted by atomic mass is 10.0. The lowest BCUT2D eigenvalue weighted by Gasteiger charge is -2.19. The Bertz CT molecular complexity index is 869. The van der Waals surface area contributed by atoms with E-state index in [4.69, 9.17) is 5.21 Å². The first-order chi connectivity index (χ1) is 15.4. The number of carbonyl (C=O) groups is 3. The van der Waals surface area contributed by atoms with Crippen molar-refractivity contribution in [3.63, 3.8) is 0 Å². The number of carbonyl (C=O) groups excluding carboxylic acids is 3. The van der Waals surface area contributed by atoms with Gasteiger partial charge < -0.3 is 15.5 Å². The first kappa shape index (κ1) is 24.9. The first-order valence-corrected chi connectivity index (χ1v) is 10.7. The molecule has 0 radical (unpaired) electrons. The minimum Gasteiger partial charge on any atom is -0.378 e. The Morgan fingerprint density at radius 2 is 1.62 bits per heavy atom. The van der Waals surface area contributed by atoms with Gasteiger partial charge >= 0.3 is 0 Å². The SMILES string of the molecule is CN(C)c1ccc(C(=O)N[C@@H](CCCCCC(=O)NO)C(=O)NCc2ccccc2)cc1. The lowest BCUT2D eigenvalue weighted by Crippen LogP contribution is -2.46. The molecule has 0 aliphatic carbocycles. The van der Waals surface area contributed by atoms with E-state index in [2.05, 4.69) is 10.6 Å². The van der Waals surface area contributed by atoms with Gasteiger partial charge in [0.05, 0.1) is 0 Å².